The highest BCUT2D eigenvalue weighted by atomic mass is 32.2. The lowest BCUT2D eigenvalue weighted by atomic mass is 10.1. The fraction of sp³-hybridized carbons (Fsp3) is 0.0556. The summed E-state index contributed by atoms with van der Waals surface area (Å²) < 4.78 is 0. The van der Waals surface area contributed by atoms with Crippen LogP contribution in [0.4, 0.5) is 0 Å². The van der Waals surface area contributed by atoms with E-state index in [2.05, 4.69) is 6.07 Å². The van der Waals surface area contributed by atoms with Gasteiger partial charge in [0.15, 0.2) is 17.3 Å². The van der Waals surface area contributed by atoms with Crippen LogP contribution in [-0.2, 0) is 0 Å². The first-order valence-corrected chi connectivity index (χ1v) is 7.79. The van der Waals surface area contributed by atoms with E-state index in [-0.39, 0.29) is 23.0 Å². The molecule has 0 heterocycles. The van der Waals surface area contributed by atoms with Gasteiger partial charge in [0.1, 0.15) is 0 Å². The maximum atomic E-state index is 12.1. The van der Waals surface area contributed by atoms with Gasteiger partial charge in [0.25, 0.3) is 0 Å². The van der Waals surface area contributed by atoms with Crippen molar-refractivity contribution in [2.75, 3.05) is 5.75 Å². The van der Waals surface area contributed by atoms with Gasteiger partial charge in [0, 0.05) is 10.5 Å². The SMILES string of the molecule is O=C(CSc1ccc2ccccc2c1)c1ccc(O)c(O)c1. The molecule has 3 rings (SSSR count). The van der Waals surface area contributed by atoms with Crippen LogP contribution >= 0.6 is 11.8 Å². The fourth-order valence-electron chi connectivity index (χ4n) is 2.19. The number of carbonyl (C=O) groups is 1. The lowest BCUT2D eigenvalue weighted by Gasteiger charge is -2.05. The number of fused-ring (bicyclic) bond motifs is 1. The molecule has 0 aliphatic rings. The van der Waals surface area contributed by atoms with E-state index in [1.54, 1.807) is 0 Å². The van der Waals surface area contributed by atoms with Gasteiger partial charge in [0.2, 0.25) is 0 Å². The Hall–Kier alpha value is -2.46. The summed E-state index contributed by atoms with van der Waals surface area (Å²) in [4.78, 5) is 13.2. The van der Waals surface area contributed by atoms with Crippen molar-refractivity contribution in [2.45, 2.75) is 4.90 Å². The number of benzene rings is 3. The van der Waals surface area contributed by atoms with Gasteiger partial charge in [0.05, 0.1) is 5.75 Å². The van der Waals surface area contributed by atoms with E-state index < -0.39 is 0 Å². The van der Waals surface area contributed by atoms with Crippen LogP contribution in [0.2, 0.25) is 0 Å². The zero-order valence-electron chi connectivity index (χ0n) is 11.7. The highest BCUT2D eigenvalue weighted by Crippen LogP contribution is 2.27. The number of ketones is 1. The zero-order chi connectivity index (χ0) is 15.5. The second-order valence-corrected chi connectivity index (χ2v) is 5.97. The molecule has 0 aliphatic carbocycles. The average Bonchev–Trinajstić information content (AvgIpc) is 2.55. The maximum absolute atomic E-state index is 12.1. The van der Waals surface area contributed by atoms with Crippen molar-refractivity contribution in [1.29, 1.82) is 0 Å². The van der Waals surface area contributed by atoms with Crippen molar-refractivity contribution in [3.8, 4) is 11.5 Å². The van der Waals surface area contributed by atoms with E-state index in [1.165, 1.54) is 35.3 Å². The molecule has 0 aromatic heterocycles. The van der Waals surface area contributed by atoms with Gasteiger partial charge in [-0.2, -0.15) is 0 Å². The van der Waals surface area contributed by atoms with Crippen molar-refractivity contribution in [3.63, 3.8) is 0 Å². The van der Waals surface area contributed by atoms with E-state index >= 15 is 0 Å². The summed E-state index contributed by atoms with van der Waals surface area (Å²) in [7, 11) is 0. The predicted octanol–water partition coefficient (Wildman–Crippen LogP) is 4.23. The molecule has 0 spiro atoms. The van der Waals surface area contributed by atoms with Crippen molar-refractivity contribution in [3.05, 3.63) is 66.2 Å². The number of phenolic OH excluding ortho intramolecular Hbond substituents is 2. The summed E-state index contributed by atoms with van der Waals surface area (Å²) in [6.07, 6.45) is 0. The third kappa shape index (κ3) is 3.07. The molecule has 0 aliphatic heterocycles. The summed E-state index contributed by atoms with van der Waals surface area (Å²) in [6, 6.07) is 18.3. The van der Waals surface area contributed by atoms with E-state index in [0.717, 1.165) is 10.3 Å². The molecule has 0 bridgehead atoms. The minimum absolute atomic E-state index is 0.0894. The van der Waals surface area contributed by atoms with Crippen molar-refractivity contribution < 1.29 is 15.0 Å². The lowest BCUT2D eigenvalue weighted by Crippen LogP contribution is -2.01. The number of thioether (sulfide) groups is 1. The van der Waals surface area contributed by atoms with Crippen LogP contribution in [0.15, 0.2) is 65.6 Å². The van der Waals surface area contributed by atoms with Crippen molar-refractivity contribution >= 4 is 28.3 Å². The molecule has 0 atom stereocenters. The lowest BCUT2D eigenvalue weighted by molar-refractivity contribution is 0.102. The van der Waals surface area contributed by atoms with Crippen LogP contribution in [0, 0.1) is 0 Å². The smallest absolute Gasteiger partial charge is 0.173 e. The van der Waals surface area contributed by atoms with Crippen molar-refractivity contribution in [2.24, 2.45) is 0 Å². The van der Waals surface area contributed by atoms with Crippen LogP contribution < -0.4 is 0 Å². The first-order chi connectivity index (χ1) is 10.6. The molecular formula is C18H14O3S. The summed E-state index contributed by atoms with van der Waals surface area (Å²) in [6.45, 7) is 0. The zero-order valence-corrected chi connectivity index (χ0v) is 12.5. The molecule has 4 heteroatoms. The van der Waals surface area contributed by atoms with Crippen LogP contribution in [0.25, 0.3) is 10.8 Å². The number of rotatable bonds is 4. The molecule has 0 unspecified atom stereocenters. The molecule has 0 radical (unpaired) electrons. The minimum Gasteiger partial charge on any atom is -0.504 e. The van der Waals surface area contributed by atoms with Crippen LogP contribution in [0.5, 0.6) is 11.5 Å². The summed E-state index contributed by atoms with van der Waals surface area (Å²) in [5.74, 6) is -0.309. The van der Waals surface area contributed by atoms with E-state index in [9.17, 15) is 15.0 Å². The molecule has 0 saturated carbocycles. The van der Waals surface area contributed by atoms with Gasteiger partial charge in [-0.25, -0.2) is 0 Å². The van der Waals surface area contributed by atoms with Gasteiger partial charge in [-0.05, 0) is 41.1 Å². The van der Waals surface area contributed by atoms with Crippen LogP contribution in [0.1, 0.15) is 10.4 Å². The Morgan fingerprint density at radius 2 is 1.64 bits per heavy atom. The highest BCUT2D eigenvalue weighted by molar-refractivity contribution is 8.00. The van der Waals surface area contributed by atoms with Crippen molar-refractivity contribution in [1.82, 2.24) is 0 Å². The summed E-state index contributed by atoms with van der Waals surface area (Å²) in [5, 5.41) is 21.0. The second-order valence-electron chi connectivity index (χ2n) is 4.92. The molecule has 0 fully saturated rings. The monoisotopic (exact) mass is 310 g/mol. The third-order valence-corrected chi connectivity index (χ3v) is 4.38. The third-order valence-electron chi connectivity index (χ3n) is 3.39. The van der Waals surface area contributed by atoms with Crippen LogP contribution in [0.3, 0.4) is 0 Å². The van der Waals surface area contributed by atoms with E-state index in [0.29, 0.717) is 5.56 Å². The van der Waals surface area contributed by atoms with Gasteiger partial charge >= 0.3 is 0 Å². The summed E-state index contributed by atoms with van der Waals surface area (Å²) >= 11 is 1.45. The Kier molecular flexibility index (Phi) is 4.02. The standard InChI is InChI=1S/C18H14O3S/c19-16-8-6-14(10-17(16)20)18(21)11-22-15-7-5-12-3-1-2-4-13(12)9-15/h1-10,19-20H,11H2. The number of hydrogen-bond acceptors (Lipinski definition) is 4. The molecule has 3 aromatic carbocycles. The quantitative estimate of drug-likeness (QED) is 0.430. The number of carbonyl (C=O) groups excluding carboxylic acids is 1. The molecule has 3 nitrogen and oxygen atoms in total. The number of phenols is 2. The Morgan fingerprint density at radius 1 is 0.864 bits per heavy atom. The van der Waals surface area contributed by atoms with Crippen LogP contribution in [-0.4, -0.2) is 21.7 Å². The van der Waals surface area contributed by atoms with Gasteiger partial charge in [-0.3, -0.25) is 4.79 Å². The summed E-state index contributed by atoms with van der Waals surface area (Å²) in [5.41, 5.74) is 0.392. The molecule has 2 N–H and O–H groups in total. The number of aromatic hydroxyl groups is 2. The topological polar surface area (TPSA) is 57.5 Å². The first kappa shape index (κ1) is 14.5. The molecule has 0 amide bonds. The Balaban J connectivity index is 1.72. The second kappa shape index (κ2) is 6.12. The molecule has 22 heavy (non-hydrogen) atoms. The normalized spacial score (nSPS) is 10.7. The van der Waals surface area contributed by atoms with E-state index in [4.69, 9.17) is 0 Å². The predicted molar refractivity (Wildman–Crippen MR) is 88.8 cm³/mol. The van der Waals surface area contributed by atoms with Gasteiger partial charge in [-0.15, -0.1) is 11.8 Å². The largest absolute Gasteiger partial charge is 0.504 e. The molecular weight excluding hydrogens is 296 g/mol. The molecule has 0 saturated heterocycles. The number of hydrogen-bond donors (Lipinski definition) is 2. The maximum Gasteiger partial charge on any atom is 0.173 e. The molecule has 3 aromatic rings. The fourth-order valence-corrected chi connectivity index (χ4v) is 3.03. The Labute approximate surface area is 132 Å². The van der Waals surface area contributed by atoms with Gasteiger partial charge in [-0.1, -0.05) is 30.3 Å². The Bertz CT molecular complexity index is 843. The number of Topliss-reactive ketones (excluding diaryl/α,β-unsaturated/α-hetero) is 1. The average molecular weight is 310 g/mol. The first-order valence-electron chi connectivity index (χ1n) is 6.80. The van der Waals surface area contributed by atoms with Gasteiger partial charge < -0.3 is 10.2 Å². The Morgan fingerprint density at radius 3 is 2.41 bits per heavy atom. The van der Waals surface area contributed by atoms with E-state index in [1.807, 2.05) is 36.4 Å². The highest BCUT2D eigenvalue weighted by Gasteiger charge is 2.09. The minimum atomic E-state index is -0.276. The molecule has 110 valence electrons.